The van der Waals surface area contributed by atoms with Crippen molar-refractivity contribution in [3.05, 3.63) is 10.4 Å². The van der Waals surface area contributed by atoms with E-state index in [1.54, 1.807) is 23.6 Å². The third kappa shape index (κ3) is 9.74. The third-order valence-corrected chi connectivity index (χ3v) is 11.3. The number of methoxy groups -OCH3 is 1. The van der Waals surface area contributed by atoms with Gasteiger partial charge in [-0.3, -0.25) is 19.3 Å². The standard InChI is InChI=1S/C36H62N6O10/c1-12-28-36(8)31(41(34(47)52-36)16-14-13-15-38-39-37)24(5)42(25(6)43)20-21(2)19-35(7,48-11)29(18-27(44)23(4)32(46)50-28)51-33-30(45)26(40(9)10)17-22(3)49-33/h21-24,26,28-31,33,45H,12-20H2,1-11H3/t21-,22?,23-,24-,26?,28-,29-,30?,31-,33+,35+,36-/m1/s1. The lowest BCUT2D eigenvalue weighted by atomic mass is 9.82. The molecule has 2 amide bonds. The first-order chi connectivity index (χ1) is 24.3. The summed E-state index contributed by atoms with van der Waals surface area (Å²) in [6.45, 7) is 14.8. The van der Waals surface area contributed by atoms with Gasteiger partial charge in [-0.2, -0.15) is 0 Å². The van der Waals surface area contributed by atoms with Gasteiger partial charge in [0.05, 0.1) is 29.9 Å². The Morgan fingerprint density at radius 1 is 1.15 bits per heavy atom. The predicted octanol–water partition coefficient (Wildman–Crippen LogP) is 4.07. The van der Waals surface area contributed by atoms with Crippen LogP contribution in [0.3, 0.4) is 0 Å². The SMILES string of the molecule is CC[C@H]1OC(=O)[C@H](C)C(=O)C[C@@H](O[C@@H]2OC(C)CC(N(C)C)C2O)[C@@](C)(OC)C[C@@H](C)CN(C(C)=O)[C@H](C)[C@H]2N(CCCCN=[N+]=[N-])C(=O)O[C@]12C. The van der Waals surface area contributed by atoms with Gasteiger partial charge in [-0.1, -0.05) is 19.0 Å². The van der Waals surface area contributed by atoms with Crippen molar-refractivity contribution in [2.75, 3.05) is 40.8 Å². The molecular weight excluding hydrogens is 676 g/mol. The van der Waals surface area contributed by atoms with Gasteiger partial charge in [0.2, 0.25) is 5.91 Å². The molecule has 3 heterocycles. The average molecular weight is 739 g/mol. The van der Waals surface area contributed by atoms with E-state index in [4.69, 9.17) is 29.2 Å². The smallest absolute Gasteiger partial charge is 0.410 e. The van der Waals surface area contributed by atoms with Crippen LogP contribution in [0.1, 0.15) is 93.9 Å². The van der Waals surface area contributed by atoms with Gasteiger partial charge in [-0.25, -0.2) is 4.79 Å². The van der Waals surface area contributed by atoms with Crippen LogP contribution in [0.25, 0.3) is 10.4 Å². The Morgan fingerprint density at radius 2 is 1.83 bits per heavy atom. The molecule has 0 aromatic rings. The zero-order valence-electron chi connectivity index (χ0n) is 32.9. The maximum atomic E-state index is 14.0. The van der Waals surface area contributed by atoms with E-state index in [2.05, 4.69) is 10.0 Å². The molecule has 0 bridgehead atoms. The third-order valence-electron chi connectivity index (χ3n) is 11.3. The summed E-state index contributed by atoms with van der Waals surface area (Å²) in [5.74, 6) is -2.89. The van der Waals surface area contributed by atoms with Gasteiger partial charge in [-0.05, 0) is 92.3 Å². The van der Waals surface area contributed by atoms with Gasteiger partial charge in [0.1, 0.15) is 23.9 Å². The number of fused-ring (bicyclic) bond motifs is 1. The van der Waals surface area contributed by atoms with Crippen LogP contribution < -0.4 is 0 Å². The number of aliphatic hydroxyl groups excluding tert-OH is 1. The molecule has 0 aromatic heterocycles. The van der Waals surface area contributed by atoms with E-state index in [0.717, 1.165) is 0 Å². The van der Waals surface area contributed by atoms with Crippen LogP contribution in [-0.4, -0.2) is 144 Å². The molecule has 3 unspecified atom stereocenters. The lowest BCUT2D eigenvalue weighted by molar-refractivity contribution is -0.289. The van der Waals surface area contributed by atoms with E-state index >= 15 is 0 Å². The fourth-order valence-corrected chi connectivity index (χ4v) is 8.22. The number of Topliss-reactive ketones (excluding diaryl/α,β-unsaturated/α-hetero) is 1. The summed E-state index contributed by atoms with van der Waals surface area (Å²) >= 11 is 0. The van der Waals surface area contributed by atoms with Crippen molar-refractivity contribution in [2.24, 2.45) is 17.0 Å². The van der Waals surface area contributed by atoms with Crippen molar-refractivity contribution < 1.29 is 48.0 Å². The predicted molar refractivity (Wildman–Crippen MR) is 191 cm³/mol. The second-order valence-electron chi connectivity index (χ2n) is 15.5. The fraction of sp³-hybridized carbons (Fsp3) is 0.889. The maximum absolute atomic E-state index is 14.0. The molecule has 0 saturated carbocycles. The van der Waals surface area contributed by atoms with E-state index in [0.29, 0.717) is 25.7 Å². The zero-order valence-corrected chi connectivity index (χ0v) is 32.9. The number of ketones is 1. The summed E-state index contributed by atoms with van der Waals surface area (Å²) in [6, 6.07) is -1.59. The quantitative estimate of drug-likeness (QED) is 0.0848. The van der Waals surface area contributed by atoms with Crippen LogP contribution >= 0.6 is 0 Å². The second-order valence-corrected chi connectivity index (χ2v) is 15.5. The van der Waals surface area contributed by atoms with E-state index in [9.17, 15) is 24.3 Å². The first kappa shape index (κ1) is 43.4. The molecule has 296 valence electrons. The van der Waals surface area contributed by atoms with Crippen molar-refractivity contribution in [1.82, 2.24) is 14.7 Å². The molecule has 52 heavy (non-hydrogen) atoms. The lowest BCUT2D eigenvalue weighted by Crippen LogP contribution is -2.62. The highest BCUT2D eigenvalue weighted by atomic mass is 16.7. The van der Waals surface area contributed by atoms with Crippen LogP contribution in [0.2, 0.25) is 0 Å². The number of carbonyl (C=O) groups excluding carboxylic acids is 4. The van der Waals surface area contributed by atoms with Crippen molar-refractivity contribution in [3.63, 3.8) is 0 Å². The first-order valence-corrected chi connectivity index (χ1v) is 18.6. The first-order valence-electron chi connectivity index (χ1n) is 18.6. The van der Waals surface area contributed by atoms with Crippen LogP contribution in [-0.2, 0) is 38.1 Å². The Morgan fingerprint density at radius 3 is 2.40 bits per heavy atom. The number of carbonyl (C=O) groups is 4. The lowest BCUT2D eigenvalue weighted by Gasteiger charge is -2.46. The van der Waals surface area contributed by atoms with Crippen LogP contribution in [0, 0.1) is 11.8 Å². The van der Waals surface area contributed by atoms with E-state index < -0.39 is 71.7 Å². The molecule has 3 rings (SSSR count). The van der Waals surface area contributed by atoms with E-state index in [1.165, 1.54) is 21.0 Å². The highest BCUT2D eigenvalue weighted by Gasteiger charge is 2.59. The summed E-state index contributed by atoms with van der Waals surface area (Å²) in [4.78, 5) is 62.8. The summed E-state index contributed by atoms with van der Waals surface area (Å²) in [5.41, 5.74) is 6.17. The van der Waals surface area contributed by atoms with E-state index in [-0.39, 0.29) is 56.4 Å². The number of unbranched alkanes of at least 4 members (excludes halogenated alkanes) is 1. The average Bonchev–Trinajstić information content (AvgIpc) is 3.34. The van der Waals surface area contributed by atoms with Gasteiger partial charge in [0.25, 0.3) is 0 Å². The molecule has 3 aliphatic rings. The van der Waals surface area contributed by atoms with Gasteiger partial charge < -0.3 is 38.6 Å². The molecule has 0 spiro atoms. The van der Waals surface area contributed by atoms with E-state index in [1.807, 2.05) is 46.7 Å². The Kier molecular flexibility index (Phi) is 15.3. The summed E-state index contributed by atoms with van der Waals surface area (Å²) < 4.78 is 30.9. The summed E-state index contributed by atoms with van der Waals surface area (Å²) in [6.07, 6.45) is -2.90. The minimum Gasteiger partial charge on any atom is -0.458 e. The molecule has 16 heteroatoms. The number of cyclic esters (lactones) is 1. The van der Waals surface area contributed by atoms with Crippen LogP contribution in [0.5, 0.6) is 0 Å². The number of likely N-dealkylation sites (N-methyl/N-ethyl adjacent to an activating group) is 1. The van der Waals surface area contributed by atoms with Crippen molar-refractivity contribution in [3.8, 4) is 0 Å². The van der Waals surface area contributed by atoms with Crippen molar-refractivity contribution in [1.29, 1.82) is 0 Å². The molecule has 16 nitrogen and oxygen atoms in total. The molecule has 3 saturated heterocycles. The molecule has 3 fully saturated rings. The molecule has 0 aromatic carbocycles. The maximum Gasteiger partial charge on any atom is 0.410 e. The number of rotatable bonds is 10. The Balaban J connectivity index is 2.09. The van der Waals surface area contributed by atoms with Gasteiger partial charge in [0, 0.05) is 51.0 Å². The minimum atomic E-state index is -1.38. The number of hydrogen-bond acceptors (Lipinski definition) is 12. The molecular formula is C36H62N6O10. The zero-order chi connectivity index (χ0) is 39.1. The van der Waals surface area contributed by atoms with Crippen molar-refractivity contribution in [2.45, 2.75) is 154 Å². The normalized spacial score (nSPS) is 38.1. The molecule has 3 aliphatic heterocycles. The molecule has 0 radical (unpaired) electrons. The topological polar surface area (TPSA) is 193 Å². The highest BCUT2D eigenvalue weighted by molar-refractivity contribution is 5.99. The largest absolute Gasteiger partial charge is 0.458 e. The number of ether oxygens (including phenoxy) is 5. The number of amides is 2. The van der Waals surface area contributed by atoms with Crippen molar-refractivity contribution >= 4 is 23.8 Å². The van der Waals surface area contributed by atoms with Crippen LogP contribution in [0.15, 0.2) is 5.11 Å². The molecule has 12 atom stereocenters. The number of azide groups is 1. The Hall–Kier alpha value is -3.01. The number of hydrogen-bond donors (Lipinski definition) is 1. The van der Waals surface area contributed by atoms with Gasteiger partial charge in [-0.15, -0.1) is 0 Å². The van der Waals surface area contributed by atoms with Gasteiger partial charge >= 0.3 is 12.1 Å². The Labute approximate surface area is 308 Å². The fourth-order valence-electron chi connectivity index (χ4n) is 8.22. The number of aliphatic hydroxyl groups is 1. The molecule has 1 N–H and O–H groups in total. The number of esters is 1. The minimum absolute atomic E-state index is 0.216. The second kappa shape index (κ2) is 18.4. The van der Waals surface area contributed by atoms with Gasteiger partial charge in [0.15, 0.2) is 11.9 Å². The summed E-state index contributed by atoms with van der Waals surface area (Å²) in [5, 5.41) is 14.9. The molecule has 0 aliphatic carbocycles. The van der Waals surface area contributed by atoms with Crippen LogP contribution in [0.4, 0.5) is 4.79 Å². The Bertz CT molecular complexity index is 1310. The highest BCUT2D eigenvalue weighted by Crippen LogP contribution is 2.41. The number of nitrogens with zero attached hydrogens (tertiary/aromatic N) is 6. The monoisotopic (exact) mass is 738 g/mol. The summed E-state index contributed by atoms with van der Waals surface area (Å²) in [7, 11) is 5.26.